The molecule has 0 saturated carbocycles. The molecule has 2 N–H and O–H groups in total. The summed E-state index contributed by atoms with van der Waals surface area (Å²) < 4.78 is 26.0. The lowest BCUT2D eigenvalue weighted by molar-refractivity contribution is -0.271. The average molecular weight is 623 g/mol. The number of nitrogens with one attached hydrogen (secondary N) is 2. The van der Waals surface area contributed by atoms with Crippen LogP contribution in [0.4, 0.5) is 10.3 Å². The maximum absolute atomic E-state index is 6.07. The van der Waals surface area contributed by atoms with Crippen LogP contribution in [0.3, 0.4) is 0 Å². The molecule has 0 unspecified atom stereocenters. The van der Waals surface area contributed by atoms with E-state index >= 15 is 0 Å². The number of rotatable bonds is 10. The fourth-order valence-corrected chi connectivity index (χ4v) is 5.99. The maximum Gasteiger partial charge on any atom is 0.263 e. The minimum Gasteiger partial charge on any atom is -0.458 e. The van der Waals surface area contributed by atoms with Crippen molar-refractivity contribution in [3.05, 3.63) is 108 Å². The topological polar surface area (TPSA) is 111 Å². The molecule has 6 aromatic rings. The van der Waals surface area contributed by atoms with Gasteiger partial charge in [0.2, 0.25) is 10.3 Å². The molecule has 0 radical (unpaired) electrons. The summed E-state index contributed by atoms with van der Waals surface area (Å²) in [5, 5.41) is 10.1. The van der Waals surface area contributed by atoms with Gasteiger partial charge in [0.05, 0.1) is 46.1 Å². The third-order valence-electron chi connectivity index (χ3n) is 6.47. The molecule has 0 amide bonds. The first kappa shape index (κ1) is 27.9. The van der Waals surface area contributed by atoms with Crippen LogP contribution in [-0.4, -0.2) is 48.2 Å². The fourth-order valence-electron chi connectivity index (χ4n) is 4.36. The zero-order chi connectivity index (χ0) is 29.6. The van der Waals surface area contributed by atoms with Gasteiger partial charge in [-0.2, -0.15) is 10.2 Å². The summed E-state index contributed by atoms with van der Waals surface area (Å²) in [5.74, 6) is 1.25. The van der Waals surface area contributed by atoms with Gasteiger partial charge in [0.25, 0.3) is 12.6 Å². The second-order valence-electron chi connectivity index (χ2n) is 9.57. The summed E-state index contributed by atoms with van der Waals surface area (Å²) in [6.07, 6.45) is 1.99. The lowest BCUT2D eigenvalue weighted by Crippen LogP contribution is -2.45. The highest BCUT2D eigenvalue weighted by atomic mass is 32.1. The van der Waals surface area contributed by atoms with Crippen LogP contribution >= 0.6 is 22.7 Å². The van der Waals surface area contributed by atoms with Gasteiger partial charge in [-0.25, -0.2) is 9.97 Å². The molecule has 0 aliphatic carbocycles. The standard InChI is InChI=1S/C32H26N6O4S2/c1-3-7-27-25(5-1)35-31(43-27)37-33-19-21-9-13-23(14-10-21)41-29-30(40-18-17-39-29)42-24-15-11-22(12-16-24)20-34-38-32-36-26-6-2-4-8-28(26)44-32/h1-16,19-20,29-30H,17-18H2,(H,35,37)(H,36,38)/b33-19-,34-20-/t29-,30-/m1/s1. The van der Waals surface area contributed by atoms with Crippen LogP contribution in [0.25, 0.3) is 20.4 Å². The highest BCUT2D eigenvalue weighted by molar-refractivity contribution is 7.22. The number of nitrogens with zero attached hydrogens (tertiary/aromatic N) is 4. The molecule has 0 bridgehead atoms. The Bertz CT molecular complexity index is 1700. The number of ether oxygens (including phenoxy) is 4. The monoisotopic (exact) mass is 622 g/mol. The van der Waals surface area contributed by atoms with Crippen LogP contribution < -0.4 is 20.3 Å². The number of hydrogen-bond acceptors (Lipinski definition) is 12. The predicted molar refractivity (Wildman–Crippen MR) is 175 cm³/mol. The molecule has 7 rings (SSSR count). The van der Waals surface area contributed by atoms with Gasteiger partial charge in [-0.1, -0.05) is 46.9 Å². The second-order valence-corrected chi connectivity index (χ2v) is 11.6. The number of fused-ring (bicyclic) bond motifs is 2. The van der Waals surface area contributed by atoms with Crippen molar-refractivity contribution < 1.29 is 18.9 Å². The molecule has 1 saturated heterocycles. The minimum absolute atomic E-state index is 0.407. The molecule has 3 heterocycles. The van der Waals surface area contributed by atoms with Crippen molar-refractivity contribution in [3.8, 4) is 11.5 Å². The molecule has 1 aliphatic rings. The Kier molecular flexibility index (Phi) is 8.37. The summed E-state index contributed by atoms with van der Waals surface area (Å²) in [4.78, 5) is 9.04. The fraction of sp³-hybridized carbons (Fsp3) is 0.125. The van der Waals surface area contributed by atoms with E-state index in [1.165, 1.54) is 0 Å². The van der Waals surface area contributed by atoms with Crippen molar-refractivity contribution >= 4 is 65.8 Å². The highest BCUT2D eigenvalue weighted by Crippen LogP contribution is 2.27. The Morgan fingerprint density at radius 3 is 1.48 bits per heavy atom. The first-order valence-electron chi connectivity index (χ1n) is 13.8. The van der Waals surface area contributed by atoms with Crippen molar-refractivity contribution in [2.45, 2.75) is 12.6 Å². The average Bonchev–Trinajstić information content (AvgIpc) is 3.67. The van der Waals surface area contributed by atoms with Crippen molar-refractivity contribution in [3.63, 3.8) is 0 Å². The first-order chi connectivity index (χ1) is 21.7. The van der Waals surface area contributed by atoms with E-state index in [-0.39, 0.29) is 0 Å². The van der Waals surface area contributed by atoms with Crippen LogP contribution in [0, 0.1) is 0 Å². The number of para-hydroxylation sites is 2. The van der Waals surface area contributed by atoms with Gasteiger partial charge < -0.3 is 18.9 Å². The number of anilines is 2. The van der Waals surface area contributed by atoms with Gasteiger partial charge in [-0.05, 0) is 83.9 Å². The van der Waals surface area contributed by atoms with Crippen LogP contribution in [0.15, 0.2) is 107 Å². The van der Waals surface area contributed by atoms with E-state index < -0.39 is 12.6 Å². The van der Waals surface area contributed by atoms with E-state index in [9.17, 15) is 0 Å². The first-order valence-corrected chi connectivity index (χ1v) is 15.4. The number of thiazole rings is 2. The third-order valence-corrected chi connectivity index (χ3v) is 8.35. The normalized spacial score (nSPS) is 17.0. The van der Waals surface area contributed by atoms with Crippen molar-refractivity contribution in [1.82, 2.24) is 9.97 Å². The zero-order valence-electron chi connectivity index (χ0n) is 23.2. The minimum atomic E-state index is -0.733. The molecule has 10 nitrogen and oxygen atoms in total. The number of hydrogen-bond donors (Lipinski definition) is 2. The summed E-state index contributed by atoms with van der Waals surface area (Å²) in [5.41, 5.74) is 9.69. The lowest BCUT2D eigenvalue weighted by Gasteiger charge is -2.31. The molecule has 4 aromatic carbocycles. The molecular formula is C32H26N6O4S2. The molecule has 1 aliphatic heterocycles. The molecule has 2 atom stereocenters. The predicted octanol–water partition coefficient (Wildman–Crippen LogP) is 6.95. The smallest absolute Gasteiger partial charge is 0.263 e. The highest BCUT2D eigenvalue weighted by Gasteiger charge is 2.31. The van der Waals surface area contributed by atoms with Crippen LogP contribution in [0.1, 0.15) is 11.1 Å². The maximum atomic E-state index is 6.07. The molecule has 220 valence electrons. The quantitative estimate of drug-likeness (QED) is 0.125. The van der Waals surface area contributed by atoms with E-state index in [4.69, 9.17) is 18.9 Å². The van der Waals surface area contributed by atoms with E-state index in [0.717, 1.165) is 41.8 Å². The summed E-state index contributed by atoms with van der Waals surface area (Å²) in [7, 11) is 0. The Hall–Kier alpha value is -4.88. The summed E-state index contributed by atoms with van der Waals surface area (Å²) in [6, 6.07) is 31.0. The van der Waals surface area contributed by atoms with Crippen molar-refractivity contribution in [1.29, 1.82) is 0 Å². The zero-order valence-corrected chi connectivity index (χ0v) is 24.8. The van der Waals surface area contributed by atoms with Crippen LogP contribution in [0.5, 0.6) is 11.5 Å². The van der Waals surface area contributed by atoms with E-state index in [0.29, 0.717) is 24.7 Å². The summed E-state index contributed by atoms with van der Waals surface area (Å²) in [6.45, 7) is 0.813. The Labute approximate surface area is 260 Å². The van der Waals surface area contributed by atoms with Crippen LogP contribution in [0.2, 0.25) is 0 Å². The van der Waals surface area contributed by atoms with Gasteiger partial charge in [-0.3, -0.25) is 10.9 Å². The van der Waals surface area contributed by atoms with E-state index in [1.54, 1.807) is 35.1 Å². The summed E-state index contributed by atoms with van der Waals surface area (Å²) >= 11 is 3.11. The molecule has 0 spiro atoms. The van der Waals surface area contributed by atoms with E-state index in [1.807, 2.05) is 97.1 Å². The number of hydrazone groups is 2. The van der Waals surface area contributed by atoms with E-state index in [2.05, 4.69) is 31.0 Å². The van der Waals surface area contributed by atoms with Gasteiger partial charge in [0.1, 0.15) is 11.5 Å². The van der Waals surface area contributed by atoms with Gasteiger partial charge >= 0.3 is 0 Å². The Morgan fingerprint density at radius 1 is 0.614 bits per heavy atom. The Morgan fingerprint density at radius 2 is 1.05 bits per heavy atom. The largest absolute Gasteiger partial charge is 0.458 e. The SMILES string of the molecule is C(=N/Nc1nc2ccccc2s1)/c1ccc(O[C@H]2OCCO[C@@H]2Oc2ccc(/C=N\Nc3nc4ccccc4s3)cc2)cc1. The molecule has 1 fully saturated rings. The number of aromatic nitrogens is 2. The molecule has 44 heavy (non-hydrogen) atoms. The molecule has 2 aromatic heterocycles. The van der Waals surface area contributed by atoms with Gasteiger partial charge in [0.15, 0.2) is 0 Å². The second kappa shape index (κ2) is 13.2. The third kappa shape index (κ3) is 6.84. The van der Waals surface area contributed by atoms with Crippen LogP contribution in [-0.2, 0) is 9.47 Å². The lowest BCUT2D eigenvalue weighted by atomic mass is 10.2. The number of benzene rings is 4. The van der Waals surface area contributed by atoms with Gasteiger partial charge in [0, 0.05) is 0 Å². The molecular weight excluding hydrogens is 597 g/mol. The van der Waals surface area contributed by atoms with Crippen molar-refractivity contribution in [2.75, 3.05) is 24.1 Å². The molecule has 12 heteroatoms. The van der Waals surface area contributed by atoms with Gasteiger partial charge in [-0.15, -0.1) is 0 Å². The Balaban J connectivity index is 0.915. The van der Waals surface area contributed by atoms with Crippen molar-refractivity contribution in [2.24, 2.45) is 10.2 Å².